The van der Waals surface area contributed by atoms with E-state index in [-0.39, 0.29) is 0 Å². The van der Waals surface area contributed by atoms with Crippen LogP contribution in [0.2, 0.25) is 0 Å². The minimum Gasteiger partial charge on any atom is -0.496 e. The van der Waals surface area contributed by atoms with Crippen LogP contribution in [0.5, 0.6) is 5.75 Å². The van der Waals surface area contributed by atoms with E-state index in [1.807, 2.05) is 61.0 Å². The van der Waals surface area contributed by atoms with E-state index in [1.165, 1.54) is 15.4 Å². The predicted molar refractivity (Wildman–Crippen MR) is 127 cm³/mol. The molecule has 1 aliphatic rings. The van der Waals surface area contributed by atoms with Gasteiger partial charge in [0.1, 0.15) is 5.75 Å². The van der Waals surface area contributed by atoms with Crippen molar-refractivity contribution in [2.45, 2.75) is 65.4 Å². The molecule has 0 aromatic carbocycles. The van der Waals surface area contributed by atoms with Crippen molar-refractivity contribution in [2.24, 2.45) is 0 Å². The lowest BCUT2D eigenvalue weighted by Gasteiger charge is -2.24. The van der Waals surface area contributed by atoms with Crippen molar-refractivity contribution in [2.75, 3.05) is 7.11 Å². The van der Waals surface area contributed by atoms with Crippen LogP contribution >= 0.6 is 71.5 Å². The van der Waals surface area contributed by atoms with E-state index in [0.29, 0.717) is 10.5 Å². The van der Waals surface area contributed by atoms with Gasteiger partial charge in [-0.3, -0.25) is 0 Å². The van der Waals surface area contributed by atoms with Crippen molar-refractivity contribution >= 4 is 71.5 Å². The highest BCUT2D eigenvalue weighted by Gasteiger charge is 2.23. The van der Waals surface area contributed by atoms with Crippen LogP contribution in [0.1, 0.15) is 33.3 Å². The maximum Gasteiger partial charge on any atom is 0.132 e. The van der Waals surface area contributed by atoms with Crippen molar-refractivity contribution in [3.8, 4) is 5.75 Å². The highest BCUT2D eigenvalue weighted by molar-refractivity contribution is 8.06. The molecule has 0 saturated carbocycles. The van der Waals surface area contributed by atoms with Crippen molar-refractivity contribution < 1.29 is 4.74 Å². The Morgan fingerprint density at radius 3 is 1.60 bits per heavy atom. The van der Waals surface area contributed by atoms with Gasteiger partial charge >= 0.3 is 0 Å². The Bertz CT molecular complexity index is 574. The lowest BCUT2D eigenvalue weighted by atomic mass is 10.4. The second-order valence-electron chi connectivity index (χ2n) is 5.85. The summed E-state index contributed by atoms with van der Waals surface area (Å²) >= 11 is 15.7. The number of aryl methyl sites for hydroxylation is 1. The molecular formula is C18H28OS6. The van der Waals surface area contributed by atoms with Gasteiger partial charge in [0, 0.05) is 52.5 Å². The molecule has 0 fully saturated rings. The molecule has 4 atom stereocenters. The zero-order valence-electron chi connectivity index (χ0n) is 15.6. The number of hydrogen-bond acceptors (Lipinski definition) is 7. The van der Waals surface area contributed by atoms with Crippen LogP contribution in [0.15, 0.2) is 31.3 Å². The predicted octanol–water partition coefficient (Wildman–Crippen LogP) is 7.41. The monoisotopic (exact) mass is 452 g/mol. The number of thioether (sulfide) groups is 2. The van der Waals surface area contributed by atoms with Crippen LogP contribution in [-0.2, 0) is 0 Å². The number of methoxy groups -OCH3 is 1. The molecule has 0 spiro atoms. The zero-order chi connectivity index (χ0) is 19.0. The van der Waals surface area contributed by atoms with Crippen LogP contribution < -0.4 is 4.74 Å². The standard InChI is InChI=1S/C8H10S3.C6H8OS.C4H10S2/c1-5-6(2)11-8-4-9-3-7(8)10-5;1-5-3-8-4-6(5)7-2;1-3(5)4(2)6/h3-6H,1-2H3;3-4H,1-2H3;3-6H,1-2H3. The van der Waals surface area contributed by atoms with Gasteiger partial charge in [-0.2, -0.15) is 36.6 Å². The Balaban J connectivity index is 0.000000199. The molecule has 0 radical (unpaired) electrons. The smallest absolute Gasteiger partial charge is 0.132 e. The number of hydrogen-bond donors (Lipinski definition) is 2. The molecule has 142 valence electrons. The maximum atomic E-state index is 5.00. The molecular weight excluding hydrogens is 425 g/mol. The molecule has 3 rings (SSSR count). The fourth-order valence-electron chi connectivity index (χ4n) is 1.60. The first-order chi connectivity index (χ1) is 11.8. The quantitative estimate of drug-likeness (QED) is 0.459. The third kappa shape index (κ3) is 8.43. The average Bonchev–Trinajstić information content (AvgIpc) is 3.17. The van der Waals surface area contributed by atoms with E-state index in [4.69, 9.17) is 4.74 Å². The molecule has 2 aromatic rings. The van der Waals surface area contributed by atoms with Gasteiger partial charge in [-0.05, 0) is 12.3 Å². The Morgan fingerprint density at radius 2 is 1.32 bits per heavy atom. The van der Waals surface area contributed by atoms with Crippen LogP contribution in [0.25, 0.3) is 0 Å². The summed E-state index contributed by atoms with van der Waals surface area (Å²) in [6, 6.07) is 0. The summed E-state index contributed by atoms with van der Waals surface area (Å²) in [5.74, 6) is 0.995. The van der Waals surface area contributed by atoms with E-state index in [0.717, 1.165) is 16.2 Å². The van der Waals surface area contributed by atoms with Crippen molar-refractivity contribution in [1.82, 2.24) is 0 Å². The summed E-state index contributed by atoms with van der Waals surface area (Å²) in [7, 11) is 1.69. The lowest BCUT2D eigenvalue weighted by Crippen LogP contribution is -2.15. The molecule has 3 heterocycles. The fourth-order valence-corrected chi connectivity index (χ4v) is 6.04. The maximum absolute atomic E-state index is 5.00. The molecule has 1 nitrogen and oxygen atoms in total. The van der Waals surface area contributed by atoms with Crippen LogP contribution in [0.3, 0.4) is 0 Å². The van der Waals surface area contributed by atoms with Crippen molar-refractivity contribution in [3.63, 3.8) is 0 Å². The number of rotatable bonds is 2. The van der Waals surface area contributed by atoms with Gasteiger partial charge in [0.05, 0.1) is 7.11 Å². The molecule has 0 amide bonds. The number of ether oxygens (including phenoxy) is 1. The summed E-state index contributed by atoms with van der Waals surface area (Å²) in [5, 5.41) is 10.9. The van der Waals surface area contributed by atoms with Crippen molar-refractivity contribution in [3.05, 3.63) is 27.1 Å². The van der Waals surface area contributed by atoms with E-state index in [1.54, 1.807) is 18.4 Å². The third-order valence-corrected chi connectivity index (χ3v) is 9.66. The van der Waals surface area contributed by atoms with Crippen LogP contribution in [0, 0.1) is 6.92 Å². The van der Waals surface area contributed by atoms with Gasteiger partial charge in [0.15, 0.2) is 0 Å². The van der Waals surface area contributed by atoms with E-state index in [2.05, 4.69) is 55.2 Å². The summed E-state index contributed by atoms with van der Waals surface area (Å²) < 4.78 is 5.00. The summed E-state index contributed by atoms with van der Waals surface area (Å²) in [6.07, 6.45) is 0. The zero-order valence-corrected chi connectivity index (χ0v) is 20.6. The first kappa shape index (κ1) is 23.6. The summed E-state index contributed by atoms with van der Waals surface area (Å²) in [6.45, 7) is 10.7. The first-order valence-electron chi connectivity index (χ1n) is 8.08. The average molecular weight is 453 g/mol. The minimum absolute atomic E-state index is 0.410. The molecule has 7 heteroatoms. The van der Waals surface area contributed by atoms with Crippen LogP contribution in [0.4, 0.5) is 0 Å². The molecule has 0 N–H and O–H groups in total. The van der Waals surface area contributed by atoms with Crippen molar-refractivity contribution in [1.29, 1.82) is 0 Å². The Morgan fingerprint density at radius 1 is 0.880 bits per heavy atom. The first-order valence-corrected chi connectivity index (χ1v) is 12.8. The number of thiol groups is 2. The molecule has 4 unspecified atom stereocenters. The van der Waals surface area contributed by atoms with E-state index in [9.17, 15) is 0 Å². The van der Waals surface area contributed by atoms with Gasteiger partial charge in [0.25, 0.3) is 0 Å². The summed E-state index contributed by atoms with van der Waals surface area (Å²) in [4.78, 5) is 2.98. The molecule has 0 bridgehead atoms. The minimum atomic E-state index is 0.410. The van der Waals surface area contributed by atoms with E-state index >= 15 is 0 Å². The molecule has 0 aliphatic carbocycles. The van der Waals surface area contributed by atoms with E-state index < -0.39 is 0 Å². The number of thiophene rings is 2. The second kappa shape index (κ2) is 12.1. The Kier molecular flexibility index (Phi) is 11.5. The van der Waals surface area contributed by atoms with Crippen LogP contribution in [-0.4, -0.2) is 28.1 Å². The third-order valence-electron chi connectivity index (χ3n) is 3.61. The van der Waals surface area contributed by atoms with Gasteiger partial charge in [-0.15, -0.1) is 34.9 Å². The molecule has 0 saturated heterocycles. The Hall–Kier alpha value is 0.600. The fraction of sp³-hybridized carbons (Fsp3) is 0.556. The van der Waals surface area contributed by atoms with Gasteiger partial charge in [0.2, 0.25) is 0 Å². The Labute approximate surface area is 180 Å². The van der Waals surface area contributed by atoms with Gasteiger partial charge in [-0.1, -0.05) is 27.7 Å². The van der Waals surface area contributed by atoms with Gasteiger partial charge < -0.3 is 4.74 Å². The highest BCUT2D eigenvalue weighted by atomic mass is 32.2. The van der Waals surface area contributed by atoms with Gasteiger partial charge in [-0.25, -0.2) is 0 Å². The largest absolute Gasteiger partial charge is 0.496 e. The topological polar surface area (TPSA) is 9.23 Å². The second-order valence-corrected chi connectivity index (χ2v) is 11.8. The molecule has 1 aliphatic heterocycles. The summed E-state index contributed by atoms with van der Waals surface area (Å²) in [5.41, 5.74) is 1.22. The lowest BCUT2D eigenvalue weighted by molar-refractivity contribution is 0.414. The SMILES string of the molecule is CC(S)C(C)S.CC1Sc2cscc2SC1C.COc1cscc1C. The number of fused-ring (bicyclic) bond motifs is 1. The molecule has 2 aromatic heterocycles. The normalized spacial score (nSPS) is 21.0. The highest BCUT2D eigenvalue weighted by Crippen LogP contribution is 2.46. The molecule has 25 heavy (non-hydrogen) atoms.